The van der Waals surface area contributed by atoms with Crippen LogP contribution in [0.2, 0.25) is 0 Å². The molecule has 0 spiro atoms. The molecule has 0 saturated heterocycles. The molecule has 2 rings (SSSR count). The van der Waals surface area contributed by atoms with Gasteiger partial charge in [-0.1, -0.05) is 56.8 Å². The standard InChI is InChI=1S/C16H20N2O2S/c1-16(2,3)12-7-5-11(6-8-12)10-21-15-17-9-13(20-4)14(19)18-15/h5-9H,10H2,1-4H3,(H,17,18,19). The summed E-state index contributed by atoms with van der Waals surface area (Å²) < 4.78 is 4.89. The summed E-state index contributed by atoms with van der Waals surface area (Å²) in [5, 5.41) is 0.598. The van der Waals surface area contributed by atoms with E-state index in [-0.39, 0.29) is 16.7 Å². The zero-order valence-corrected chi connectivity index (χ0v) is 13.6. The fourth-order valence-corrected chi connectivity index (χ4v) is 2.63. The lowest BCUT2D eigenvalue weighted by atomic mass is 9.87. The zero-order valence-electron chi connectivity index (χ0n) is 12.8. The second kappa shape index (κ2) is 6.35. The number of rotatable bonds is 4. The Bertz CT molecular complexity index is 657. The van der Waals surface area contributed by atoms with Gasteiger partial charge in [0.2, 0.25) is 5.75 Å². The van der Waals surface area contributed by atoms with E-state index in [2.05, 4.69) is 55.0 Å². The van der Waals surface area contributed by atoms with Crippen LogP contribution in [0.25, 0.3) is 0 Å². The van der Waals surface area contributed by atoms with Crippen molar-refractivity contribution in [3.05, 3.63) is 51.9 Å². The van der Waals surface area contributed by atoms with Gasteiger partial charge in [-0.3, -0.25) is 9.78 Å². The highest BCUT2D eigenvalue weighted by Crippen LogP contribution is 2.24. The number of aromatic nitrogens is 2. The minimum atomic E-state index is -0.252. The largest absolute Gasteiger partial charge is 0.490 e. The van der Waals surface area contributed by atoms with Crippen molar-refractivity contribution in [2.24, 2.45) is 0 Å². The molecule has 4 nitrogen and oxygen atoms in total. The van der Waals surface area contributed by atoms with Gasteiger partial charge in [0.15, 0.2) is 5.16 Å². The molecule has 5 heteroatoms. The van der Waals surface area contributed by atoms with E-state index >= 15 is 0 Å². The topological polar surface area (TPSA) is 55.0 Å². The number of H-pyrrole nitrogens is 1. The number of ether oxygens (including phenoxy) is 1. The lowest BCUT2D eigenvalue weighted by Gasteiger charge is -2.19. The summed E-state index contributed by atoms with van der Waals surface area (Å²) in [5.74, 6) is 0.994. The third kappa shape index (κ3) is 4.11. The Morgan fingerprint density at radius 3 is 2.43 bits per heavy atom. The molecule has 1 heterocycles. The van der Waals surface area contributed by atoms with Gasteiger partial charge in [-0.05, 0) is 16.5 Å². The van der Waals surface area contributed by atoms with Gasteiger partial charge in [-0.25, -0.2) is 4.98 Å². The van der Waals surface area contributed by atoms with Gasteiger partial charge in [0.05, 0.1) is 13.3 Å². The summed E-state index contributed by atoms with van der Waals surface area (Å²) in [7, 11) is 1.45. The van der Waals surface area contributed by atoms with Crippen LogP contribution in [0.4, 0.5) is 0 Å². The maximum atomic E-state index is 11.6. The lowest BCUT2D eigenvalue weighted by molar-refractivity contribution is 0.404. The van der Waals surface area contributed by atoms with Gasteiger partial charge in [0, 0.05) is 5.75 Å². The minimum absolute atomic E-state index is 0.161. The predicted molar refractivity (Wildman–Crippen MR) is 86.1 cm³/mol. The Morgan fingerprint density at radius 2 is 1.90 bits per heavy atom. The molecule has 0 radical (unpaired) electrons. The first-order valence-corrected chi connectivity index (χ1v) is 7.74. The average molecular weight is 304 g/mol. The molecule has 0 bridgehead atoms. The maximum absolute atomic E-state index is 11.6. The van der Waals surface area contributed by atoms with E-state index < -0.39 is 0 Å². The van der Waals surface area contributed by atoms with Crippen LogP contribution in [0.5, 0.6) is 5.75 Å². The summed E-state index contributed by atoms with van der Waals surface area (Å²) in [6, 6.07) is 8.55. The van der Waals surface area contributed by atoms with E-state index in [9.17, 15) is 4.79 Å². The van der Waals surface area contributed by atoms with Crippen LogP contribution in [-0.2, 0) is 11.2 Å². The lowest BCUT2D eigenvalue weighted by Crippen LogP contribution is -2.11. The fourth-order valence-electron chi connectivity index (χ4n) is 1.84. The molecule has 0 unspecified atom stereocenters. The third-order valence-electron chi connectivity index (χ3n) is 3.16. The molecule has 2 aromatic rings. The molecule has 0 atom stereocenters. The fraction of sp³-hybridized carbons (Fsp3) is 0.375. The van der Waals surface area contributed by atoms with Crippen LogP contribution < -0.4 is 10.3 Å². The summed E-state index contributed by atoms with van der Waals surface area (Å²) in [6.45, 7) is 6.59. The Balaban J connectivity index is 2.03. The van der Waals surface area contributed by atoms with Crippen LogP contribution in [0.3, 0.4) is 0 Å². The van der Waals surface area contributed by atoms with Gasteiger partial charge >= 0.3 is 0 Å². The van der Waals surface area contributed by atoms with Gasteiger partial charge in [-0.15, -0.1) is 0 Å². The average Bonchev–Trinajstić information content (AvgIpc) is 2.45. The summed E-state index contributed by atoms with van der Waals surface area (Å²) in [4.78, 5) is 18.5. The van der Waals surface area contributed by atoms with E-state index in [1.807, 2.05) is 0 Å². The normalized spacial score (nSPS) is 11.4. The molecule has 1 N–H and O–H groups in total. The molecular formula is C16H20N2O2S. The van der Waals surface area contributed by atoms with E-state index in [1.54, 1.807) is 0 Å². The predicted octanol–water partition coefficient (Wildman–Crippen LogP) is 3.37. The van der Waals surface area contributed by atoms with Crippen LogP contribution in [0.1, 0.15) is 31.9 Å². The number of methoxy groups -OCH3 is 1. The van der Waals surface area contributed by atoms with Crippen molar-refractivity contribution in [1.29, 1.82) is 0 Å². The third-order valence-corrected chi connectivity index (χ3v) is 4.12. The van der Waals surface area contributed by atoms with Crippen LogP contribution in [-0.4, -0.2) is 17.1 Å². The maximum Gasteiger partial charge on any atom is 0.293 e. The number of benzene rings is 1. The molecule has 0 aliphatic rings. The van der Waals surface area contributed by atoms with Crippen molar-refractivity contribution < 1.29 is 4.74 Å². The van der Waals surface area contributed by atoms with Crippen molar-refractivity contribution in [1.82, 2.24) is 9.97 Å². The Labute approximate surface area is 129 Å². The van der Waals surface area contributed by atoms with Gasteiger partial charge in [-0.2, -0.15) is 0 Å². The molecule has 21 heavy (non-hydrogen) atoms. The molecule has 0 aliphatic heterocycles. The Morgan fingerprint density at radius 1 is 1.24 bits per heavy atom. The van der Waals surface area contributed by atoms with Crippen molar-refractivity contribution in [3.8, 4) is 5.75 Å². The molecule has 1 aromatic carbocycles. The smallest absolute Gasteiger partial charge is 0.293 e. The highest BCUT2D eigenvalue weighted by molar-refractivity contribution is 7.98. The van der Waals surface area contributed by atoms with Gasteiger partial charge in [0.1, 0.15) is 0 Å². The number of hydrogen-bond acceptors (Lipinski definition) is 4. The van der Waals surface area contributed by atoms with Crippen LogP contribution >= 0.6 is 11.8 Å². The van der Waals surface area contributed by atoms with E-state index in [0.29, 0.717) is 5.16 Å². The SMILES string of the molecule is COc1cnc(SCc2ccc(C(C)(C)C)cc2)[nH]c1=O. The summed E-state index contributed by atoms with van der Waals surface area (Å²) >= 11 is 1.50. The molecular weight excluding hydrogens is 284 g/mol. The van der Waals surface area contributed by atoms with Crippen molar-refractivity contribution in [2.45, 2.75) is 37.1 Å². The number of hydrogen-bond donors (Lipinski definition) is 1. The monoisotopic (exact) mass is 304 g/mol. The number of aromatic amines is 1. The van der Waals surface area contributed by atoms with E-state index in [4.69, 9.17) is 4.74 Å². The first kappa shape index (κ1) is 15.6. The van der Waals surface area contributed by atoms with Crippen LogP contribution in [0.15, 0.2) is 40.4 Å². The van der Waals surface area contributed by atoms with Gasteiger partial charge < -0.3 is 4.74 Å². The van der Waals surface area contributed by atoms with E-state index in [1.165, 1.54) is 36.2 Å². The highest BCUT2D eigenvalue weighted by atomic mass is 32.2. The Hall–Kier alpha value is -1.75. The Kier molecular flexibility index (Phi) is 4.73. The first-order chi connectivity index (χ1) is 9.90. The van der Waals surface area contributed by atoms with E-state index in [0.717, 1.165) is 5.75 Å². The van der Waals surface area contributed by atoms with Crippen molar-refractivity contribution in [3.63, 3.8) is 0 Å². The van der Waals surface area contributed by atoms with Crippen molar-refractivity contribution in [2.75, 3.05) is 7.11 Å². The second-order valence-electron chi connectivity index (χ2n) is 5.82. The molecule has 0 aliphatic carbocycles. The summed E-state index contributed by atoms with van der Waals surface area (Å²) in [6.07, 6.45) is 1.45. The first-order valence-electron chi connectivity index (χ1n) is 6.75. The second-order valence-corrected chi connectivity index (χ2v) is 6.79. The van der Waals surface area contributed by atoms with Gasteiger partial charge in [0.25, 0.3) is 5.56 Å². The van der Waals surface area contributed by atoms with Crippen LogP contribution in [0, 0.1) is 0 Å². The quantitative estimate of drug-likeness (QED) is 0.695. The number of nitrogens with zero attached hydrogens (tertiary/aromatic N) is 1. The summed E-state index contributed by atoms with van der Waals surface area (Å²) in [5.41, 5.74) is 2.42. The number of thioether (sulfide) groups is 1. The number of nitrogens with one attached hydrogen (secondary N) is 1. The zero-order chi connectivity index (χ0) is 15.5. The molecule has 0 saturated carbocycles. The minimum Gasteiger partial charge on any atom is -0.490 e. The highest BCUT2D eigenvalue weighted by Gasteiger charge is 2.12. The molecule has 0 fully saturated rings. The van der Waals surface area contributed by atoms with Crippen molar-refractivity contribution >= 4 is 11.8 Å². The molecule has 1 aromatic heterocycles. The molecule has 0 amide bonds. The molecule has 112 valence electrons.